The van der Waals surface area contributed by atoms with Crippen molar-refractivity contribution in [3.05, 3.63) is 59.7 Å². The van der Waals surface area contributed by atoms with Crippen molar-refractivity contribution in [3.8, 4) is 12.5 Å². The number of hydrogen-bond acceptors (Lipinski definition) is 4. The van der Waals surface area contributed by atoms with Gasteiger partial charge in [0.1, 0.15) is 0 Å². The monoisotopic (exact) mass is 260 g/mol. The van der Waals surface area contributed by atoms with Crippen LogP contribution in [-0.4, -0.2) is 0 Å². The summed E-state index contributed by atoms with van der Waals surface area (Å²) < 4.78 is 7.90. The van der Waals surface area contributed by atoms with Crippen LogP contribution in [0.5, 0.6) is 0 Å². The quantitative estimate of drug-likeness (QED) is 0.474. The molecule has 0 amide bonds. The average molecular weight is 261 g/mol. The molecule has 0 radical (unpaired) electrons. The van der Waals surface area contributed by atoms with Crippen LogP contribution in [0.1, 0.15) is 5.56 Å². The van der Waals surface area contributed by atoms with Gasteiger partial charge in [-0.2, -0.15) is 0 Å². The molecule has 1 aromatic carbocycles. The molecule has 0 unspecified atom stereocenters. The van der Waals surface area contributed by atoms with Crippen LogP contribution >= 0.6 is 11.6 Å². The number of ether oxygens (including phenoxy) is 2. The summed E-state index contributed by atoms with van der Waals surface area (Å²) in [4.78, 5) is 0. The molecule has 1 aromatic rings. The zero-order valence-corrected chi connectivity index (χ0v) is 10.1. The first kappa shape index (κ1) is 15.4. The Bertz CT molecular complexity index is 488. The Labute approximate surface area is 110 Å². The highest BCUT2D eigenvalue weighted by atomic mass is 35.5. The van der Waals surface area contributed by atoms with Crippen molar-refractivity contribution in [2.45, 2.75) is 0 Å². The Hall–Kier alpha value is -2.65. The number of nitrogens with zero attached hydrogens (tertiary/aromatic N) is 2. The topological polar surface area (TPSA) is 66.0 Å². The van der Waals surface area contributed by atoms with Crippen molar-refractivity contribution < 1.29 is 9.47 Å². The normalized spacial score (nSPS) is 7.06. The molecule has 90 valence electrons. The van der Waals surface area contributed by atoms with Gasteiger partial charge in [0.05, 0.1) is 0 Å². The first-order valence-electron chi connectivity index (χ1n) is 4.61. The summed E-state index contributed by atoms with van der Waals surface area (Å²) in [5.41, 5.74) is 5.26. The lowest BCUT2D eigenvalue weighted by Crippen LogP contribution is -1.83. The fourth-order valence-corrected chi connectivity index (χ4v) is 0.863. The van der Waals surface area contributed by atoms with Crippen LogP contribution in [0.4, 0.5) is 0 Å². The van der Waals surface area contributed by atoms with Gasteiger partial charge < -0.3 is 9.47 Å². The second-order valence-corrected chi connectivity index (χ2v) is 2.81. The van der Waals surface area contributed by atoms with Gasteiger partial charge in [-0.05, 0) is 18.2 Å². The SMILES string of the molecule is C=C(OC#N)OC#N.ClC=C=Cc1ccccc1. The molecule has 0 saturated heterocycles. The number of benzene rings is 1. The van der Waals surface area contributed by atoms with E-state index < -0.39 is 0 Å². The maximum absolute atomic E-state index is 7.74. The Morgan fingerprint density at radius 1 is 1.17 bits per heavy atom. The third kappa shape index (κ3) is 8.64. The van der Waals surface area contributed by atoms with E-state index in [4.69, 9.17) is 22.1 Å². The predicted molar refractivity (Wildman–Crippen MR) is 67.4 cm³/mol. The molecule has 0 spiro atoms. The Morgan fingerprint density at radius 3 is 2.17 bits per heavy atom. The minimum absolute atomic E-state index is 0.310. The van der Waals surface area contributed by atoms with Gasteiger partial charge in [-0.15, -0.1) is 16.3 Å². The van der Waals surface area contributed by atoms with Gasteiger partial charge in [0, 0.05) is 5.54 Å². The molecule has 0 fully saturated rings. The van der Waals surface area contributed by atoms with Gasteiger partial charge in [-0.25, -0.2) is 0 Å². The molecule has 5 heteroatoms. The van der Waals surface area contributed by atoms with Crippen molar-refractivity contribution >= 4 is 17.7 Å². The number of hydrogen-bond donors (Lipinski definition) is 0. The molecule has 18 heavy (non-hydrogen) atoms. The van der Waals surface area contributed by atoms with Crippen molar-refractivity contribution in [1.29, 1.82) is 10.5 Å². The Kier molecular flexibility index (Phi) is 9.26. The third-order valence-corrected chi connectivity index (χ3v) is 1.56. The van der Waals surface area contributed by atoms with Crippen molar-refractivity contribution in [2.75, 3.05) is 0 Å². The molecule has 0 heterocycles. The molecule has 0 aliphatic rings. The van der Waals surface area contributed by atoms with Crippen molar-refractivity contribution in [1.82, 2.24) is 0 Å². The average Bonchev–Trinajstić information content (AvgIpc) is 2.39. The molecule has 4 nitrogen and oxygen atoms in total. The largest absolute Gasteiger partial charge is 0.351 e. The molecule has 0 N–H and O–H groups in total. The maximum atomic E-state index is 7.74. The van der Waals surface area contributed by atoms with E-state index in [2.05, 4.69) is 21.8 Å². The molecular formula is C13H9ClN2O2. The first-order chi connectivity index (χ1) is 8.74. The minimum Gasteiger partial charge on any atom is -0.351 e. The lowest BCUT2D eigenvalue weighted by Gasteiger charge is -1.89. The maximum Gasteiger partial charge on any atom is 0.305 e. The smallest absolute Gasteiger partial charge is 0.305 e. The predicted octanol–water partition coefficient (Wildman–Crippen LogP) is 3.50. The van der Waals surface area contributed by atoms with Crippen LogP contribution in [0.3, 0.4) is 0 Å². The molecule has 0 atom stereocenters. The molecule has 0 saturated carbocycles. The van der Waals surface area contributed by atoms with E-state index in [0.29, 0.717) is 0 Å². The minimum atomic E-state index is -0.310. The highest BCUT2D eigenvalue weighted by Gasteiger charge is 1.88. The van der Waals surface area contributed by atoms with E-state index in [1.54, 1.807) is 0 Å². The Morgan fingerprint density at radius 2 is 1.72 bits per heavy atom. The van der Waals surface area contributed by atoms with Gasteiger partial charge >= 0.3 is 5.95 Å². The zero-order chi connectivity index (χ0) is 13.6. The van der Waals surface area contributed by atoms with Gasteiger partial charge in [0.2, 0.25) is 0 Å². The lowest BCUT2D eigenvalue weighted by atomic mass is 10.2. The molecule has 0 aliphatic heterocycles. The molecule has 0 aromatic heterocycles. The van der Waals surface area contributed by atoms with Gasteiger partial charge in [-0.1, -0.05) is 41.9 Å². The van der Waals surface area contributed by atoms with Crippen molar-refractivity contribution in [3.63, 3.8) is 0 Å². The van der Waals surface area contributed by atoms with E-state index in [1.807, 2.05) is 36.4 Å². The van der Waals surface area contributed by atoms with E-state index in [-0.39, 0.29) is 5.95 Å². The lowest BCUT2D eigenvalue weighted by molar-refractivity contribution is 0.174. The van der Waals surface area contributed by atoms with E-state index in [9.17, 15) is 0 Å². The summed E-state index contributed by atoms with van der Waals surface area (Å²) in [5, 5.41) is 15.5. The number of nitriles is 2. The van der Waals surface area contributed by atoms with Crippen LogP contribution in [0.15, 0.2) is 54.1 Å². The van der Waals surface area contributed by atoms with Crippen LogP contribution in [0.25, 0.3) is 6.08 Å². The third-order valence-electron chi connectivity index (χ3n) is 1.43. The van der Waals surface area contributed by atoms with Crippen molar-refractivity contribution in [2.24, 2.45) is 0 Å². The van der Waals surface area contributed by atoms with Crippen LogP contribution in [0.2, 0.25) is 0 Å². The fourth-order valence-electron chi connectivity index (χ4n) is 0.800. The summed E-state index contributed by atoms with van der Waals surface area (Å²) in [6.07, 6.45) is 4.38. The van der Waals surface area contributed by atoms with E-state index in [0.717, 1.165) is 5.56 Å². The van der Waals surface area contributed by atoms with Crippen LogP contribution in [0, 0.1) is 23.0 Å². The first-order valence-corrected chi connectivity index (χ1v) is 5.05. The molecule has 1 rings (SSSR count). The number of halogens is 1. The summed E-state index contributed by atoms with van der Waals surface area (Å²) in [6.45, 7) is 3.04. The number of rotatable bonds is 3. The molecule has 0 aliphatic carbocycles. The van der Waals surface area contributed by atoms with Crippen LogP contribution in [-0.2, 0) is 9.47 Å². The van der Waals surface area contributed by atoms with Gasteiger partial charge in [0.15, 0.2) is 0 Å². The molecule has 0 bridgehead atoms. The van der Waals surface area contributed by atoms with Gasteiger partial charge in [-0.3, -0.25) is 0 Å². The summed E-state index contributed by atoms with van der Waals surface area (Å²) in [7, 11) is 0. The molecular weight excluding hydrogens is 252 g/mol. The second kappa shape index (κ2) is 10.9. The van der Waals surface area contributed by atoms with Gasteiger partial charge in [0.25, 0.3) is 12.5 Å². The summed E-state index contributed by atoms with van der Waals surface area (Å²) in [6, 6.07) is 9.91. The van der Waals surface area contributed by atoms with Crippen LogP contribution < -0.4 is 0 Å². The summed E-state index contributed by atoms with van der Waals surface area (Å²) in [5.74, 6) is -0.310. The fraction of sp³-hybridized carbons (Fsp3) is 0. The van der Waals surface area contributed by atoms with E-state index in [1.165, 1.54) is 18.0 Å². The zero-order valence-electron chi connectivity index (χ0n) is 9.34. The second-order valence-electron chi connectivity index (χ2n) is 2.59. The highest BCUT2D eigenvalue weighted by Crippen LogP contribution is 1.99. The standard InChI is InChI=1S/C9H7Cl.C4H2N2O2/c10-8-4-7-9-5-2-1-3-6-9;1-4(7-2-5)8-3-6/h1-3,5-8H;1H2. The Balaban J connectivity index is 0.000000331. The summed E-state index contributed by atoms with van der Waals surface area (Å²) >= 11 is 5.28. The van der Waals surface area contributed by atoms with E-state index >= 15 is 0 Å². The highest BCUT2D eigenvalue weighted by molar-refractivity contribution is 6.25.